The lowest BCUT2D eigenvalue weighted by Gasteiger charge is -2.17. The van der Waals surface area contributed by atoms with Gasteiger partial charge in [-0.1, -0.05) is 19.9 Å². The molecule has 5 heteroatoms. The van der Waals surface area contributed by atoms with E-state index in [4.69, 9.17) is 5.73 Å². The zero-order valence-electron chi connectivity index (χ0n) is 10.5. The lowest BCUT2D eigenvalue weighted by Crippen LogP contribution is -2.30. The maximum Gasteiger partial charge on any atom is 0.228 e. The highest BCUT2D eigenvalue weighted by Gasteiger charge is 2.20. The monoisotopic (exact) mass is 256 g/mol. The summed E-state index contributed by atoms with van der Waals surface area (Å²) in [5, 5.41) is 2.37. The number of nitrogens with one attached hydrogen (secondary N) is 1. The molecule has 100 valence electrons. The van der Waals surface area contributed by atoms with Crippen molar-refractivity contribution >= 4 is 11.6 Å². The fraction of sp³-hybridized carbons (Fsp3) is 0.462. The third-order valence-electron chi connectivity index (χ3n) is 2.62. The van der Waals surface area contributed by atoms with E-state index in [1.54, 1.807) is 0 Å². The Hall–Kier alpha value is -1.49. The number of rotatable bonds is 5. The molecule has 1 rings (SSSR count). The molecule has 1 amide bonds. The van der Waals surface area contributed by atoms with Crippen LogP contribution in [0.5, 0.6) is 0 Å². The smallest absolute Gasteiger partial charge is 0.228 e. The Bertz CT molecular complexity index is 421. The molecule has 0 aliphatic carbocycles. The number of halogens is 2. The molecule has 1 unspecified atom stereocenters. The second-order valence-corrected chi connectivity index (χ2v) is 4.65. The summed E-state index contributed by atoms with van der Waals surface area (Å²) in [5.74, 6) is -2.50. The van der Waals surface area contributed by atoms with Gasteiger partial charge in [0.25, 0.3) is 0 Å². The maximum absolute atomic E-state index is 13.4. The highest BCUT2D eigenvalue weighted by molar-refractivity contribution is 5.92. The summed E-state index contributed by atoms with van der Waals surface area (Å²) in [6.07, 6.45) is 0.610. The molecule has 1 aromatic carbocycles. The topological polar surface area (TPSA) is 55.1 Å². The van der Waals surface area contributed by atoms with Gasteiger partial charge in [0.1, 0.15) is 0 Å². The first-order chi connectivity index (χ1) is 8.45. The number of benzene rings is 1. The molecule has 0 bridgehead atoms. The molecule has 0 aliphatic rings. The first-order valence-electron chi connectivity index (χ1n) is 5.90. The lowest BCUT2D eigenvalue weighted by atomic mass is 9.96. The highest BCUT2D eigenvalue weighted by atomic mass is 19.2. The molecule has 0 saturated carbocycles. The van der Waals surface area contributed by atoms with Gasteiger partial charge in [-0.2, -0.15) is 0 Å². The number of carbonyl (C=O) groups is 1. The van der Waals surface area contributed by atoms with E-state index in [-0.39, 0.29) is 18.1 Å². The summed E-state index contributed by atoms with van der Waals surface area (Å²) >= 11 is 0. The second-order valence-electron chi connectivity index (χ2n) is 4.65. The van der Waals surface area contributed by atoms with Crippen LogP contribution in [0.2, 0.25) is 0 Å². The Morgan fingerprint density at radius 2 is 2.06 bits per heavy atom. The Kier molecular flexibility index (Phi) is 5.22. The van der Waals surface area contributed by atoms with E-state index in [9.17, 15) is 13.6 Å². The van der Waals surface area contributed by atoms with Crippen molar-refractivity contribution in [3.05, 3.63) is 29.8 Å². The van der Waals surface area contributed by atoms with E-state index in [1.807, 2.05) is 13.8 Å². The van der Waals surface area contributed by atoms with Gasteiger partial charge in [0.15, 0.2) is 11.6 Å². The minimum atomic E-state index is -1.05. The van der Waals surface area contributed by atoms with Crippen LogP contribution in [-0.2, 0) is 4.79 Å². The standard InChI is InChI=1S/C13H18F2N2O/c1-8(2)6-9(7-16)13(18)17-11-5-3-4-10(14)12(11)15/h3-5,8-9H,6-7,16H2,1-2H3,(H,17,18). The van der Waals surface area contributed by atoms with Crippen LogP contribution in [0.3, 0.4) is 0 Å². The maximum atomic E-state index is 13.4. The second kappa shape index (κ2) is 6.44. The number of nitrogens with two attached hydrogens (primary N) is 1. The molecule has 0 heterocycles. The van der Waals surface area contributed by atoms with Gasteiger partial charge in [0, 0.05) is 6.54 Å². The summed E-state index contributed by atoms with van der Waals surface area (Å²) < 4.78 is 26.3. The van der Waals surface area contributed by atoms with Crippen LogP contribution in [0, 0.1) is 23.5 Å². The Labute approximate surface area is 105 Å². The quantitative estimate of drug-likeness (QED) is 0.850. The SMILES string of the molecule is CC(C)CC(CN)C(=O)Nc1cccc(F)c1F. The van der Waals surface area contributed by atoms with Crippen molar-refractivity contribution in [3.63, 3.8) is 0 Å². The van der Waals surface area contributed by atoms with Crippen LogP contribution < -0.4 is 11.1 Å². The van der Waals surface area contributed by atoms with E-state index in [2.05, 4.69) is 5.32 Å². The van der Waals surface area contributed by atoms with E-state index in [0.29, 0.717) is 12.3 Å². The van der Waals surface area contributed by atoms with E-state index >= 15 is 0 Å². The van der Waals surface area contributed by atoms with E-state index in [0.717, 1.165) is 6.07 Å². The van der Waals surface area contributed by atoms with Gasteiger partial charge < -0.3 is 11.1 Å². The Morgan fingerprint density at radius 3 is 2.61 bits per heavy atom. The van der Waals surface area contributed by atoms with Gasteiger partial charge in [0.2, 0.25) is 5.91 Å². The molecule has 1 atom stereocenters. The van der Waals surface area contributed by atoms with Crippen LogP contribution in [0.1, 0.15) is 20.3 Å². The van der Waals surface area contributed by atoms with Gasteiger partial charge in [-0.05, 0) is 24.5 Å². The normalized spacial score (nSPS) is 12.6. The molecule has 0 aliphatic heterocycles. The van der Waals surface area contributed by atoms with Gasteiger partial charge in [0.05, 0.1) is 11.6 Å². The van der Waals surface area contributed by atoms with Crippen molar-refractivity contribution in [1.29, 1.82) is 0 Å². The average molecular weight is 256 g/mol. The number of carbonyl (C=O) groups excluding carboxylic acids is 1. The summed E-state index contributed by atoms with van der Waals surface area (Å²) in [6.45, 7) is 4.12. The summed E-state index contributed by atoms with van der Waals surface area (Å²) in [4.78, 5) is 11.9. The fourth-order valence-electron chi connectivity index (χ4n) is 1.71. The zero-order chi connectivity index (χ0) is 13.7. The largest absolute Gasteiger partial charge is 0.330 e. The molecule has 18 heavy (non-hydrogen) atoms. The van der Waals surface area contributed by atoms with E-state index < -0.39 is 17.6 Å². The highest BCUT2D eigenvalue weighted by Crippen LogP contribution is 2.19. The minimum absolute atomic E-state index is 0.151. The molecule has 0 spiro atoms. The van der Waals surface area contributed by atoms with Gasteiger partial charge in [-0.15, -0.1) is 0 Å². The van der Waals surface area contributed by atoms with Crippen molar-refractivity contribution in [2.45, 2.75) is 20.3 Å². The predicted molar refractivity (Wildman–Crippen MR) is 67.0 cm³/mol. The Balaban J connectivity index is 2.77. The lowest BCUT2D eigenvalue weighted by molar-refractivity contribution is -0.120. The number of hydrogen-bond acceptors (Lipinski definition) is 2. The molecule has 3 N–H and O–H groups in total. The predicted octanol–water partition coefficient (Wildman–Crippen LogP) is 2.52. The number of amides is 1. The molecular weight excluding hydrogens is 238 g/mol. The molecular formula is C13H18F2N2O. The van der Waals surface area contributed by atoms with Crippen LogP contribution >= 0.6 is 0 Å². The van der Waals surface area contributed by atoms with Gasteiger partial charge in [-0.25, -0.2) is 8.78 Å². The average Bonchev–Trinajstić information content (AvgIpc) is 2.31. The third-order valence-corrected chi connectivity index (χ3v) is 2.62. The molecule has 0 radical (unpaired) electrons. The van der Waals surface area contributed by atoms with E-state index in [1.165, 1.54) is 12.1 Å². The van der Waals surface area contributed by atoms with Crippen LogP contribution in [-0.4, -0.2) is 12.5 Å². The van der Waals surface area contributed by atoms with Crippen molar-refractivity contribution in [2.75, 3.05) is 11.9 Å². The molecule has 1 aromatic rings. The first-order valence-corrected chi connectivity index (χ1v) is 5.90. The summed E-state index contributed by atoms with van der Waals surface area (Å²) in [5.41, 5.74) is 5.36. The number of anilines is 1. The summed E-state index contributed by atoms with van der Waals surface area (Å²) in [6, 6.07) is 3.66. The van der Waals surface area contributed by atoms with Crippen molar-refractivity contribution in [2.24, 2.45) is 17.6 Å². The summed E-state index contributed by atoms with van der Waals surface area (Å²) in [7, 11) is 0. The van der Waals surface area contributed by atoms with Crippen LogP contribution in [0.4, 0.5) is 14.5 Å². The Morgan fingerprint density at radius 1 is 1.39 bits per heavy atom. The third kappa shape index (κ3) is 3.77. The number of hydrogen-bond donors (Lipinski definition) is 2. The molecule has 0 saturated heterocycles. The minimum Gasteiger partial charge on any atom is -0.330 e. The van der Waals surface area contributed by atoms with Crippen molar-refractivity contribution in [3.8, 4) is 0 Å². The molecule has 0 fully saturated rings. The van der Waals surface area contributed by atoms with Crippen LogP contribution in [0.25, 0.3) is 0 Å². The van der Waals surface area contributed by atoms with Gasteiger partial charge >= 0.3 is 0 Å². The van der Waals surface area contributed by atoms with Crippen LogP contribution in [0.15, 0.2) is 18.2 Å². The van der Waals surface area contributed by atoms with Gasteiger partial charge in [-0.3, -0.25) is 4.79 Å². The molecule has 3 nitrogen and oxygen atoms in total. The zero-order valence-corrected chi connectivity index (χ0v) is 10.5. The fourth-order valence-corrected chi connectivity index (χ4v) is 1.71. The van der Waals surface area contributed by atoms with Crippen molar-refractivity contribution in [1.82, 2.24) is 0 Å². The van der Waals surface area contributed by atoms with Crippen molar-refractivity contribution < 1.29 is 13.6 Å². The molecule has 0 aromatic heterocycles. The first kappa shape index (κ1) is 14.6.